The number of nitrogens with zero attached hydrogens (tertiary/aromatic N) is 1. The highest BCUT2D eigenvalue weighted by atomic mass is 32.2. The van der Waals surface area contributed by atoms with E-state index in [2.05, 4.69) is 77.2 Å². The summed E-state index contributed by atoms with van der Waals surface area (Å²) in [6.45, 7) is 16.5. The summed E-state index contributed by atoms with van der Waals surface area (Å²) in [5, 5.41) is 2.45. The Bertz CT molecular complexity index is 1580. The monoisotopic (exact) mass is 760 g/mol. The normalized spacial score (nSPS) is 19.9. The van der Waals surface area contributed by atoms with Crippen molar-refractivity contribution in [1.82, 2.24) is 10.2 Å². The molecule has 8 nitrogen and oxygen atoms in total. The summed E-state index contributed by atoms with van der Waals surface area (Å²) in [5.74, 6) is -1.84. The van der Waals surface area contributed by atoms with Crippen LogP contribution in [0.1, 0.15) is 125 Å². The first-order valence-corrected chi connectivity index (χ1v) is 20.5. The Morgan fingerprint density at radius 3 is 1.87 bits per heavy atom. The Morgan fingerprint density at radius 2 is 1.30 bits per heavy atom. The maximum atomic E-state index is 13.1. The standard InChI is InChI=1S/C45H64N2O6S/c1-32(2)18-14-21-35(5)24-15-22-33(3)19-12-13-20-34(4)23-16-25-36(6)26-17-29-52-39(49)31-53-44(51)41-45(7,8)54-43-40(42(50)47(41)43)46-38(48)30-37-27-10-9-11-28-37/h9-11,18-20,24-25,27-28,40-41,43H,12-17,21-23,26,29-31H2,1-8H3,(H,46,48)/b33-19+,34-20+,35-24+,36-25+/t40-,41+,43-/m1/s1. The van der Waals surface area contributed by atoms with Crippen molar-refractivity contribution in [3.05, 3.63) is 94.1 Å². The number of amides is 2. The minimum atomic E-state index is -0.864. The number of benzene rings is 1. The second-order valence-electron chi connectivity index (χ2n) is 15.6. The summed E-state index contributed by atoms with van der Waals surface area (Å²) in [6.07, 6.45) is 22.0. The minimum Gasteiger partial charge on any atom is -0.463 e. The largest absolute Gasteiger partial charge is 0.463 e. The van der Waals surface area contributed by atoms with Crippen LogP contribution in [-0.2, 0) is 35.1 Å². The Morgan fingerprint density at radius 1 is 0.759 bits per heavy atom. The first-order chi connectivity index (χ1) is 25.7. The molecule has 0 saturated carbocycles. The van der Waals surface area contributed by atoms with Crippen molar-refractivity contribution >= 4 is 35.5 Å². The highest BCUT2D eigenvalue weighted by Crippen LogP contribution is 2.51. The molecule has 2 aliphatic heterocycles. The number of hydrogen-bond donors (Lipinski definition) is 1. The SMILES string of the molecule is CC(C)=CCC/C(C)=C/CC/C(C)=C/CC/C=C(\C)CC/C=C(\C)CCCOC(=O)COC(=O)[C@@H]1N2C(=O)[C@@H](NC(=O)Cc3ccccc3)[C@H]2SC1(C)C. The number of thioether (sulfide) groups is 1. The average Bonchev–Trinajstić information content (AvgIpc) is 3.37. The van der Waals surface area contributed by atoms with Crippen molar-refractivity contribution in [2.45, 2.75) is 148 Å². The predicted octanol–water partition coefficient (Wildman–Crippen LogP) is 9.52. The van der Waals surface area contributed by atoms with E-state index in [0.29, 0.717) is 6.42 Å². The smallest absolute Gasteiger partial charge is 0.344 e. The molecule has 296 valence electrons. The number of esters is 2. The maximum absolute atomic E-state index is 13.1. The summed E-state index contributed by atoms with van der Waals surface area (Å²) in [7, 11) is 0. The van der Waals surface area contributed by atoms with Gasteiger partial charge in [0.1, 0.15) is 17.5 Å². The van der Waals surface area contributed by atoms with Crippen molar-refractivity contribution < 1.29 is 28.7 Å². The lowest BCUT2D eigenvalue weighted by Crippen LogP contribution is -2.70. The fourth-order valence-electron chi connectivity index (χ4n) is 6.67. The van der Waals surface area contributed by atoms with E-state index in [1.54, 1.807) is 0 Å². The Labute approximate surface area is 329 Å². The average molecular weight is 761 g/mol. The van der Waals surface area contributed by atoms with E-state index in [1.165, 1.54) is 44.5 Å². The molecular weight excluding hydrogens is 697 g/mol. The van der Waals surface area contributed by atoms with Gasteiger partial charge in [0.2, 0.25) is 11.8 Å². The lowest BCUT2D eigenvalue weighted by Gasteiger charge is -2.43. The molecule has 2 amide bonds. The van der Waals surface area contributed by atoms with Crippen LogP contribution >= 0.6 is 11.8 Å². The Hall–Kier alpha value is -3.85. The van der Waals surface area contributed by atoms with Crippen molar-refractivity contribution in [2.24, 2.45) is 0 Å². The van der Waals surface area contributed by atoms with E-state index in [1.807, 2.05) is 44.2 Å². The first-order valence-electron chi connectivity index (χ1n) is 19.6. The number of nitrogens with one attached hydrogen (secondary N) is 1. The molecule has 1 N–H and O–H groups in total. The highest BCUT2D eigenvalue weighted by molar-refractivity contribution is 8.01. The zero-order chi connectivity index (χ0) is 39.7. The van der Waals surface area contributed by atoms with E-state index in [-0.39, 0.29) is 30.2 Å². The van der Waals surface area contributed by atoms with Gasteiger partial charge in [-0.3, -0.25) is 9.59 Å². The van der Waals surface area contributed by atoms with Gasteiger partial charge in [0.15, 0.2) is 6.61 Å². The van der Waals surface area contributed by atoms with Gasteiger partial charge in [-0.25, -0.2) is 9.59 Å². The van der Waals surface area contributed by atoms with Crippen molar-refractivity contribution in [2.75, 3.05) is 13.2 Å². The maximum Gasteiger partial charge on any atom is 0.344 e. The third-order valence-corrected chi connectivity index (χ3v) is 11.4. The zero-order valence-corrected chi connectivity index (χ0v) is 34.8. The van der Waals surface area contributed by atoms with E-state index in [9.17, 15) is 19.2 Å². The van der Waals surface area contributed by atoms with Gasteiger partial charge in [0, 0.05) is 4.75 Å². The van der Waals surface area contributed by atoms with Crippen LogP contribution in [-0.4, -0.2) is 64.1 Å². The number of rotatable bonds is 22. The lowest BCUT2D eigenvalue weighted by atomic mass is 9.96. The zero-order valence-electron chi connectivity index (χ0n) is 34.0. The second kappa shape index (κ2) is 22.5. The molecule has 3 atom stereocenters. The van der Waals surface area contributed by atoms with Crippen LogP contribution in [0.5, 0.6) is 0 Å². The van der Waals surface area contributed by atoms with Gasteiger partial charge in [-0.1, -0.05) is 88.6 Å². The summed E-state index contributed by atoms with van der Waals surface area (Å²) >= 11 is 1.44. The number of hydrogen-bond acceptors (Lipinski definition) is 7. The van der Waals surface area contributed by atoms with Gasteiger partial charge < -0.3 is 19.7 Å². The van der Waals surface area contributed by atoms with E-state index in [4.69, 9.17) is 9.47 Å². The minimum absolute atomic E-state index is 0.168. The van der Waals surface area contributed by atoms with Gasteiger partial charge in [-0.2, -0.15) is 0 Å². The first kappa shape index (κ1) is 44.5. The quantitative estimate of drug-likeness (QED) is 0.0544. The predicted molar refractivity (Wildman–Crippen MR) is 221 cm³/mol. The number of allylic oxidation sites excluding steroid dienone is 10. The van der Waals surface area contributed by atoms with Crippen LogP contribution in [0, 0.1) is 0 Å². The molecule has 9 heteroatoms. The molecular formula is C45H64N2O6S. The molecule has 1 aromatic carbocycles. The van der Waals surface area contributed by atoms with Crippen LogP contribution in [0.4, 0.5) is 0 Å². The third-order valence-electron chi connectivity index (χ3n) is 9.81. The summed E-state index contributed by atoms with van der Waals surface area (Å²) in [4.78, 5) is 52.5. The molecule has 2 saturated heterocycles. The van der Waals surface area contributed by atoms with Crippen LogP contribution < -0.4 is 5.32 Å². The molecule has 54 heavy (non-hydrogen) atoms. The van der Waals surface area contributed by atoms with E-state index < -0.39 is 35.4 Å². The third kappa shape index (κ3) is 15.1. The molecule has 2 fully saturated rings. The van der Waals surface area contributed by atoms with E-state index >= 15 is 0 Å². The van der Waals surface area contributed by atoms with Gasteiger partial charge in [0.05, 0.1) is 13.0 Å². The van der Waals surface area contributed by atoms with Crippen LogP contribution in [0.2, 0.25) is 0 Å². The molecule has 0 aromatic heterocycles. The van der Waals surface area contributed by atoms with Crippen LogP contribution in [0.15, 0.2) is 88.6 Å². The van der Waals surface area contributed by atoms with Crippen molar-refractivity contribution in [1.29, 1.82) is 0 Å². The van der Waals surface area contributed by atoms with E-state index in [0.717, 1.165) is 63.4 Å². The number of fused-ring (bicyclic) bond motifs is 1. The number of carbonyl (C=O) groups is 4. The fraction of sp³-hybridized carbons (Fsp3) is 0.556. The van der Waals surface area contributed by atoms with Gasteiger partial charge in [-0.15, -0.1) is 11.8 Å². The lowest BCUT2D eigenvalue weighted by molar-refractivity contribution is -0.169. The summed E-state index contributed by atoms with van der Waals surface area (Å²) in [5.41, 5.74) is 7.86. The van der Waals surface area contributed by atoms with Crippen molar-refractivity contribution in [3.63, 3.8) is 0 Å². The second-order valence-corrected chi connectivity index (χ2v) is 17.3. The highest BCUT2D eigenvalue weighted by Gasteiger charge is 2.64. The summed E-state index contributed by atoms with van der Waals surface area (Å²) < 4.78 is 9.99. The molecule has 0 aliphatic carbocycles. The molecule has 0 unspecified atom stereocenters. The number of ether oxygens (including phenoxy) is 2. The van der Waals surface area contributed by atoms with Crippen LogP contribution in [0.25, 0.3) is 0 Å². The van der Waals surface area contributed by atoms with Crippen LogP contribution in [0.3, 0.4) is 0 Å². The number of β-lactam (4-membered cyclic amide) rings is 1. The van der Waals surface area contributed by atoms with Gasteiger partial charge in [-0.05, 0) is 125 Å². The molecule has 1 aromatic rings. The molecule has 2 aliphatic rings. The Balaban J connectivity index is 1.27. The molecule has 0 bridgehead atoms. The fourth-order valence-corrected chi connectivity index (χ4v) is 8.29. The number of unbranched alkanes of at least 4 members (excludes halogenated alkanes) is 1. The molecule has 0 spiro atoms. The van der Waals surface area contributed by atoms with Gasteiger partial charge in [0.25, 0.3) is 0 Å². The molecule has 0 radical (unpaired) electrons. The molecule has 3 rings (SSSR count). The molecule has 2 heterocycles. The number of carbonyl (C=O) groups excluding carboxylic acids is 4. The van der Waals surface area contributed by atoms with Gasteiger partial charge >= 0.3 is 11.9 Å². The van der Waals surface area contributed by atoms with Crippen molar-refractivity contribution in [3.8, 4) is 0 Å². The Kier molecular flexibility index (Phi) is 18.6. The summed E-state index contributed by atoms with van der Waals surface area (Å²) in [6, 6.07) is 7.74. The topological polar surface area (TPSA) is 102 Å².